The third-order valence-corrected chi connectivity index (χ3v) is 7.01. The number of hydrogen-bond acceptors (Lipinski definition) is 4. The van der Waals surface area contributed by atoms with E-state index in [2.05, 4.69) is 12.2 Å². The lowest BCUT2D eigenvalue weighted by atomic mass is 10.0. The van der Waals surface area contributed by atoms with E-state index in [-0.39, 0.29) is 10.8 Å². The summed E-state index contributed by atoms with van der Waals surface area (Å²) in [7, 11) is -2.13. The number of benzene rings is 2. The zero-order chi connectivity index (χ0) is 20.3. The van der Waals surface area contributed by atoms with Crippen LogP contribution in [-0.4, -0.2) is 38.8 Å². The summed E-state index contributed by atoms with van der Waals surface area (Å²) in [4.78, 5) is 12.7. The van der Waals surface area contributed by atoms with E-state index in [1.165, 1.54) is 23.5 Å². The second-order valence-electron chi connectivity index (χ2n) is 7.27. The van der Waals surface area contributed by atoms with Crippen molar-refractivity contribution in [1.29, 1.82) is 0 Å². The van der Waals surface area contributed by atoms with Gasteiger partial charge in [0, 0.05) is 18.7 Å². The number of piperidine rings is 1. The highest BCUT2D eigenvalue weighted by atomic mass is 32.2. The fraction of sp³-hybridized carbons (Fsp3) is 0.381. The van der Waals surface area contributed by atoms with E-state index >= 15 is 0 Å². The summed E-state index contributed by atoms with van der Waals surface area (Å²) in [5.74, 6) is 0.623. The fourth-order valence-electron chi connectivity index (χ4n) is 3.22. The molecule has 0 unspecified atom stereocenters. The molecule has 150 valence electrons. The molecule has 0 aromatic heterocycles. The number of amides is 1. The van der Waals surface area contributed by atoms with E-state index in [9.17, 15) is 13.2 Å². The molecule has 7 heteroatoms. The van der Waals surface area contributed by atoms with Crippen molar-refractivity contribution in [1.82, 2.24) is 4.31 Å². The molecule has 1 aliphatic rings. The average molecular weight is 403 g/mol. The van der Waals surface area contributed by atoms with Gasteiger partial charge in [-0.15, -0.1) is 0 Å². The number of anilines is 1. The number of nitrogens with one attached hydrogen (secondary N) is 1. The summed E-state index contributed by atoms with van der Waals surface area (Å²) in [6, 6.07) is 11.7. The Hall–Kier alpha value is -2.38. The van der Waals surface area contributed by atoms with Gasteiger partial charge in [0.15, 0.2) is 0 Å². The Morgan fingerprint density at radius 3 is 2.36 bits per heavy atom. The topological polar surface area (TPSA) is 75.7 Å². The zero-order valence-corrected chi connectivity index (χ0v) is 17.3. The SMILES string of the molecule is COc1ccc(S(=O)(=O)N2CCC(C)CC2)cc1NC(=O)c1ccc(C)cc1. The summed E-state index contributed by atoms with van der Waals surface area (Å²) in [5.41, 5.74) is 1.88. The number of carbonyl (C=O) groups excluding carboxylic acids is 1. The van der Waals surface area contributed by atoms with Gasteiger partial charge < -0.3 is 10.1 Å². The van der Waals surface area contributed by atoms with E-state index in [1.807, 2.05) is 19.1 Å². The fourth-order valence-corrected chi connectivity index (χ4v) is 4.72. The van der Waals surface area contributed by atoms with Gasteiger partial charge >= 0.3 is 0 Å². The maximum Gasteiger partial charge on any atom is 0.255 e. The zero-order valence-electron chi connectivity index (χ0n) is 16.4. The van der Waals surface area contributed by atoms with Crippen LogP contribution in [0.3, 0.4) is 0 Å². The van der Waals surface area contributed by atoms with Crippen LogP contribution in [0.4, 0.5) is 5.69 Å². The van der Waals surface area contributed by atoms with Crippen LogP contribution in [0.25, 0.3) is 0 Å². The van der Waals surface area contributed by atoms with E-state index in [0.717, 1.165) is 18.4 Å². The number of rotatable bonds is 5. The van der Waals surface area contributed by atoms with E-state index in [0.29, 0.717) is 36.0 Å². The molecule has 0 spiro atoms. The molecular weight excluding hydrogens is 376 g/mol. The number of methoxy groups -OCH3 is 1. The molecule has 1 saturated heterocycles. The van der Waals surface area contributed by atoms with Crippen LogP contribution >= 0.6 is 0 Å². The minimum absolute atomic E-state index is 0.155. The van der Waals surface area contributed by atoms with Gasteiger partial charge in [-0.3, -0.25) is 4.79 Å². The third kappa shape index (κ3) is 4.36. The van der Waals surface area contributed by atoms with Crippen molar-refractivity contribution in [2.24, 2.45) is 5.92 Å². The monoisotopic (exact) mass is 402 g/mol. The first-order chi connectivity index (χ1) is 13.3. The molecule has 2 aromatic rings. The molecule has 3 rings (SSSR count). The highest BCUT2D eigenvalue weighted by Crippen LogP contribution is 2.31. The van der Waals surface area contributed by atoms with Crippen LogP contribution in [0.15, 0.2) is 47.4 Å². The lowest BCUT2D eigenvalue weighted by Gasteiger charge is -2.29. The van der Waals surface area contributed by atoms with Gasteiger partial charge in [-0.2, -0.15) is 4.31 Å². The lowest BCUT2D eigenvalue weighted by Crippen LogP contribution is -2.37. The molecule has 1 amide bonds. The van der Waals surface area contributed by atoms with Crippen molar-refractivity contribution in [3.05, 3.63) is 53.6 Å². The molecule has 1 heterocycles. The molecule has 0 saturated carbocycles. The standard InChI is InChI=1S/C21H26N2O4S/c1-15-4-6-17(7-5-15)21(24)22-19-14-18(8-9-20(19)27-3)28(25,26)23-12-10-16(2)11-13-23/h4-9,14,16H,10-13H2,1-3H3,(H,22,24). The third-order valence-electron chi connectivity index (χ3n) is 5.11. The van der Waals surface area contributed by atoms with E-state index in [4.69, 9.17) is 4.74 Å². The van der Waals surface area contributed by atoms with Crippen LogP contribution in [-0.2, 0) is 10.0 Å². The predicted molar refractivity (Wildman–Crippen MR) is 109 cm³/mol. The second-order valence-corrected chi connectivity index (χ2v) is 9.21. The molecule has 2 aromatic carbocycles. The number of ether oxygens (including phenoxy) is 1. The van der Waals surface area contributed by atoms with Crippen molar-refractivity contribution in [3.8, 4) is 5.75 Å². The molecule has 0 atom stereocenters. The molecule has 1 fully saturated rings. The molecule has 0 aliphatic carbocycles. The van der Waals surface area contributed by atoms with Crippen LogP contribution in [0.2, 0.25) is 0 Å². The minimum atomic E-state index is -3.61. The Morgan fingerprint density at radius 2 is 1.75 bits per heavy atom. The molecule has 0 bridgehead atoms. The van der Waals surface area contributed by atoms with Gasteiger partial charge in [0.25, 0.3) is 5.91 Å². The largest absolute Gasteiger partial charge is 0.495 e. The molecule has 0 radical (unpaired) electrons. The van der Waals surface area contributed by atoms with Gasteiger partial charge in [-0.25, -0.2) is 8.42 Å². The Bertz CT molecular complexity index is 947. The first-order valence-corrected chi connectivity index (χ1v) is 10.8. The normalized spacial score (nSPS) is 16.0. The van der Waals surface area contributed by atoms with Crippen LogP contribution < -0.4 is 10.1 Å². The van der Waals surface area contributed by atoms with Crippen LogP contribution in [0.1, 0.15) is 35.7 Å². The van der Waals surface area contributed by atoms with Crippen molar-refractivity contribution >= 4 is 21.6 Å². The summed E-state index contributed by atoms with van der Waals surface area (Å²) in [6.45, 7) is 5.11. The second kappa shape index (κ2) is 8.32. The van der Waals surface area contributed by atoms with Gasteiger partial charge in [0.2, 0.25) is 10.0 Å². The molecule has 1 aliphatic heterocycles. The summed E-state index contributed by atoms with van der Waals surface area (Å²) >= 11 is 0. The Labute approximate surface area is 166 Å². The Morgan fingerprint density at radius 1 is 1.11 bits per heavy atom. The molecule has 6 nitrogen and oxygen atoms in total. The smallest absolute Gasteiger partial charge is 0.255 e. The Balaban J connectivity index is 1.87. The average Bonchev–Trinajstić information content (AvgIpc) is 2.68. The van der Waals surface area contributed by atoms with Crippen LogP contribution in [0.5, 0.6) is 5.75 Å². The van der Waals surface area contributed by atoms with Crippen molar-refractivity contribution in [2.75, 3.05) is 25.5 Å². The van der Waals surface area contributed by atoms with Gasteiger partial charge in [0.1, 0.15) is 5.75 Å². The van der Waals surface area contributed by atoms with E-state index in [1.54, 1.807) is 18.2 Å². The number of nitrogens with zero attached hydrogens (tertiary/aromatic N) is 1. The lowest BCUT2D eigenvalue weighted by molar-refractivity contribution is 0.102. The Kier molecular flexibility index (Phi) is 6.05. The first kappa shape index (κ1) is 20.4. The number of sulfonamides is 1. The van der Waals surface area contributed by atoms with E-state index < -0.39 is 10.0 Å². The first-order valence-electron chi connectivity index (χ1n) is 9.37. The number of hydrogen-bond donors (Lipinski definition) is 1. The summed E-state index contributed by atoms with van der Waals surface area (Å²) in [6.07, 6.45) is 1.71. The maximum absolute atomic E-state index is 13.0. The molecule has 1 N–H and O–H groups in total. The predicted octanol–water partition coefficient (Wildman–Crippen LogP) is 3.68. The van der Waals surface area contributed by atoms with Crippen LogP contribution in [0, 0.1) is 12.8 Å². The van der Waals surface area contributed by atoms with Gasteiger partial charge in [-0.05, 0) is 56.0 Å². The number of aryl methyl sites for hydroxylation is 1. The maximum atomic E-state index is 13.0. The highest BCUT2D eigenvalue weighted by Gasteiger charge is 2.28. The van der Waals surface area contributed by atoms with Crippen molar-refractivity contribution in [3.63, 3.8) is 0 Å². The van der Waals surface area contributed by atoms with Gasteiger partial charge in [-0.1, -0.05) is 24.6 Å². The number of carbonyl (C=O) groups is 1. The van der Waals surface area contributed by atoms with Gasteiger partial charge in [0.05, 0.1) is 17.7 Å². The quantitative estimate of drug-likeness (QED) is 0.828. The minimum Gasteiger partial charge on any atom is -0.495 e. The molecule has 28 heavy (non-hydrogen) atoms. The summed E-state index contributed by atoms with van der Waals surface area (Å²) < 4.78 is 32.8. The summed E-state index contributed by atoms with van der Waals surface area (Å²) in [5, 5.41) is 2.77. The van der Waals surface area contributed by atoms with Crippen molar-refractivity contribution < 1.29 is 17.9 Å². The van der Waals surface area contributed by atoms with Crippen molar-refractivity contribution in [2.45, 2.75) is 31.6 Å². The highest BCUT2D eigenvalue weighted by molar-refractivity contribution is 7.89. The molecular formula is C21H26N2O4S.